The number of carbonyl (C=O) groups excluding carboxylic acids is 1. The summed E-state index contributed by atoms with van der Waals surface area (Å²) in [6.45, 7) is 12.6. The SMILES string of the molecule is Cc1cc(-c2cc([C@@H](C)Nc3nccc([C@@H]4C(=O)NC[C@@H]4[C@@H](C)OC(C)(C)C)n3)[nH]n2)ccc1Cl. The van der Waals surface area contributed by atoms with E-state index in [0.29, 0.717) is 18.2 Å². The third-order valence-electron chi connectivity index (χ3n) is 6.22. The molecule has 2 aromatic heterocycles. The molecule has 0 radical (unpaired) electrons. The molecule has 0 aliphatic carbocycles. The van der Waals surface area contributed by atoms with Crippen molar-refractivity contribution in [2.75, 3.05) is 11.9 Å². The molecule has 3 N–H and O–H groups in total. The highest BCUT2D eigenvalue weighted by Crippen LogP contribution is 2.34. The average molecular weight is 497 g/mol. The number of benzene rings is 1. The number of halogens is 1. The van der Waals surface area contributed by atoms with Crippen LogP contribution in [0.1, 0.15) is 63.5 Å². The lowest BCUT2D eigenvalue weighted by Crippen LogP contribution is -2.34. The molecular formula is C26H33ClN6O2. The van der Waals surface area contributed by atoms with Crippen molar-refractivity contribution in [1.82, 2.24) is 25.5 Å². The number of H-pyrrole nitrogens is 1. The van der Waals surface area contributed by atoms with Crippen LogP contribution in [0.4, 0.5) is 5.95 Å². The summed E-state index contributed by atoms with van der Waals surface area (Å²) in [5.41, 5.74) is 4.11. The van der Waals surface area contributed by atoms with Crippen molar-refractivity contribution >= 4 is 23.5 Å². The van der Waals surface area contributed by atoms with E-state index in [0.717, 1.165) is 27.5 Å². The van der Waals surface area contributed by atoms with Gasteiger partial charge in [-0.15, -0.1) is 0 Å². The van der Waals surface area contributed by atoms with Crippen LogP contribution in [0, 0.1) is 12.8 Å². The third-order valence-corrected chi connectivity index (χ3v) is 6.65. The molecule has 3 aromatic rings. The molecule has 0 bridgehead atoms. The Morgan fingerprint density at radius 2 is 1.97 bits per heavy atom. The zero-order valence-corrected chi connectivity index (χ0v) is 21.8. The van der Waals surface area contributed by atoms with Crippen molar-refractivity contribution in [3.8, 4) is 11.3 Å². The van der Waals surface area contributed by atoms with E-state index in [4.69, 9.17) is 21.3 Å². The summed E-state index contributed by atoms with van der Waals surface area (Å²) in [5, 5.41) is 14.6. The smallest absolute Gasteiger partial charge is 0.229 e. The van der Waals surface area contributed by atoms with Crippen LogP contribution in [0.25, 0.3) is 11.3 Å². The van der Waals surface area contributed by atoms with E-state index >= 15 is 0 Å². The molecule has 0 saturated carbocycles. The standard InChI is InChI=1S/C26H33ClN6O2/c1-14-11-17(7-8-19(14)27)22-12-21(32-33-22)15(2)30-25-28-10-9-20(31-25)23-18(13-29-24(23)34)16(3)35-26(4,5)6/h7-12,15-16,18,23H,13H2,1-6H3,(H,29,34)(H,32,33)(H,28,30,31)/t15-,16-,18-,23-/m1/s1. The van der Waals surface area contributed by atoms with Crippen molar-refractivity contribution in [1.29, 1.82) is 0 Å². The normalized spacial score (nSPS) is 19.9. The summed E-state index contributed by atoms with van der Waals surface area (Å²) < 4.78 is 6.16. The minimum absolute atomic E-state index is 0.0140. The minimum atomic E-state index is -0.391. The van der Waals surface area contributed by atoms with Gasteiger partial charge in [-0.1, -0.05) is 17.7 Å². The van der Waals surface area contributed by atoms with Crippen molar-refractivity contribution < 1.29 is 9.53 Å². The number of ether oxygens (including phenoxy) is 1. The van der Waals surface area contributed by atoms with Gasteiger partial charge in [0, 0.05) is 29.2 Å². The van der Waals surface area contributed by atoms with E-state index in [-0.39, 0.29) is 29.6 Å². The predicted octanol–water partition coefficient (Wildman–Crippen LogP) is 5.03. The molecule has 9 heteroatoms. The fourth-order valence-electron chi connectivity index (χ4n) is 4.47. The highest BCUT2D eigenvalue weighted by Gasteiger charge is 2.41. The Bertz CT molecular complexity index is 1200. The number of anilines is 1. The number of aromatic nitrogens is 4. The first-order chi connectivity index (χ1) is 16.5. The molecule has 1 aromatic carbocycles. The molecule has 1 amide bonds. The van der Waals surface area contributed by atoms with Gasteiger partial charge in [0.25, 0.3) is 0 Å². The van der Waals surface area contributed by atoms with Gasteiger partial charge in [0.15, 0.2) is 0 Å². The first-order valence-corrected chi connectivity index (χ1v) is 12.3. The van der Waals surface area contributed by atoms with Crippen LogP contribution >= 0.6 is 11.6 Å². The maximum atomic E-state index is 12.7. The fraction of sp³-hybridized carbons (Fsp3) is 0.462. The van der Waals surface area contributed by atoms with Gasteiger partial charge in [0.2, 0.25) is 11.9 Å². The second-order valence-corrected chi connectivity index (χ2v) is 10.6. The lowest BCUT2D eigenvalue weighted by Gasteiger charge is -2.30. The van der Waals surface area contributed by atoms with Crippen LogP contribution in [-0.4, -0.2) is 44.3 Å². The van der Waals surface area contributed by atoms with Gasteiger partial charge in [-0.25, -0.2) is 9.97 Å². The van der Waals surface area contributed by atoms with Gasteiger partial charge < -0.3 is 15.4 Å². The van der Waals surface area contributed by atoms with Gasteiger partial charge in [-0.3, -0.25) is 9.89 Å². The van der Waals surface area contributed by atoms with Crippen molar-refractivity contribution in [3.05, 3.63) is 58.5 Å². The first kappa shape index (κ1) is 25.1. The maximum absolute atomic E-state index is 12.7. The molecule has 8 nitrogen and oxygen atoms in total. The lowest BCUT2D eigenvalue weighted by molar-refractivity contribution is -0.122. The Morgan fingerprint density at radius 1 is 1.20 bits per heavy atom. The molecule has 0 spiro atoms. The molecule has 4 rings (SSSR count). The number of hydrogen-bond acceptors (Lipinski definition) is 6. The van der Waals surface area contributed by atoms with E-state index in [1.54, 1.807) is 12.3 Å². The van der Waals surface area contributed by atoms with E-state index in [1.165, 1.54) is 0 Å². The van der Waals surface area contributed by atoms with E-state index in [2.05, 4.69) is 25.8 Å². The zero-order chi connectivity index (χ0) is 25.3. The predicted molar refractivity (Wildman–Crippen MR) is 137 cm³/mol. The Labute approximate surface area is 211 Å². The topological polar surface area (TPSA) is 105 Å². The molecule has 1 saturated heterocycles. The van der Waals surface area contributed by atoms with E-state index in [1.807, 2.05) is 65.8 Å². The molecule has 35 heavy (non-hydrogen) atoms. The Morgan fingerprint density at radius 3 is 2.69 bits per heavy atom. The average Bonchev–Trinajstić information content (AvgIpc) is 3.42. The molecule has 1 aliphatic heterocycles. The van der Waals surface area contributed by atoms with Crippen LogP contribution in [0.2, 0.25) is 5.02 Å². The summed E-state index contributed by atoms with van der Waals surface area (Å²) in [4.78, 5) is 21.8. The van der Waals surface area contributed by atoms with Crippen molar-refractivity contribution in [3.63, 3.8) is 0 Å². The van der Waals surface area contributed by atoms with Gasteiger partial charge in [-0.2, -0.15) is 5.10 Å². The summed E-state index contributed by atoms with van der Waals surface area (Å²) in [6.07, 6.45) is 1.58. The number of carbonyl (C=O) groups is 1. The summed E-state index contributed by atoms with van der Waals surface area (Å²) in [5.74, 6) is 0.0165. The van der Waals surface area contributed by atoms with Crippen molar-refractivity contribution in [2.24, 2.45) is 5.92 Å². The number of aryl methyl sites for hydroxylation is 1. The minimum Gasteiger partial charge on any atom is -0.373 e. The highest BCUT2D eigenvalue weighted by molar-refractivity contribution is 6.31. The Balaban J connectivity index is 1.50. The molecule has 0 unspecified atom stereocenters. The zero-order valence-electron chi connectivity index (χ0n) is 21.0. The Hall–Kier alpha value is -2.97. The van der Waals surface area contributed by atoms with Gasteiger partial charge in [-0.05, 0) is 71.4 Å². The quantitative estimate of drug-likeness (QED) is 0.423. The number of rotatable bonds is 7. The molecule has 3 heterocycles. The van der Waals surface area contributed by atoms with Gasteiger partial charge >= 0.3 is 0 Å². The number of nitrogens with zero attached hydrogens (tertiary/aromatic N) is 3. The number of amides is 1. The van der Waals surface area contributed by atoms with Crippen molar-refractivity contribution in [2.45, 2.75) is 65.2 Å². The number of hydrogen-bond donors (Lipinski definition) is 3. The second-order valence-electron chi connectivity index (χ2n) is 10.2. The Kier molecular flexibility index (Phi) is 7.15. The van der Waals surface area contributed by atoms with Crippen LogP contribution in [0.5, 0.6) is 0 Å². The lowest BCUT2D eigenvalue weighted by atomic mass is 9.88. The summed E-state index contributed by atoms with van der Waals surface area (Å²) in [7, 11) is 0. The molecule has 4 atom stereocenters. The molecule has 1 aliphatic rings. The van der Waals surface area contributed by atoms with Crippen LogP contribution in [0.3, 0.4) is 0 Å². The van der Waals surface area contributed by atoms with Crippen LogP contribution in [0.15, 0.2) is 36.5 Å². The highest BCUT2D eigenvalue weighted by atomic mass is 35.5. The molecule has 186 valence electrons. The van der Waals surface area contributed by atoms with Gasteiger partial charge in [0.05, 0.1) is 40.7 Å². The monoisotopic (exact) mass is 496 g/mol. The summed E-state index contributed by atoms with van der Waals surface area (Å²) >= 11 is 6.15. The largest absolute Gasteiger partial charge is 0.373 e. The fourth-order valence-corrected chi connectivity index (χ4v) is 4.59. The third kappa shape index (κ3) is 5.82. The second kappa shape index (κ2) is 9.95. The molecular weight excluding hydrogens is 464 g/mol. The first-order valence-electron chi connectivity index (χ1n) is 11.9. The van der Waals surface area contributed by atoms with Crippen LogP contribution < -0.4 is 10.6 Å². The summed E-state index contributed by atoms with van der Waals surface area (Å²) in [6, 6.07) is 9.52. The molecule has 1 fully saturated rings. The number of nitrogens with one attached hydrogen (secondary N) is 3. The maximum Gasteiger partial charge on any atom is 0.229 e. The van der Waals surface area contributed by atoms with E-state index in [9.17, 15) is 4.79 Å². The van der Waals surface area contributed by atoms with Gasteiger partial charge in [0.1, 0.15) is 0 Å². The van der Waals surface area contributed by atoms with Crippen LogP contribution in [-0.2, 0) is 9.53 Å². The number of aromatic amines is 1. The van der Waals surface area contributed by atoms with E-state index < -0.39 is 5.92 Å².